The van der Waals surface area contributed by atoms with Gasteiger partial charge < -0.3 is 20.6 Å². The van der Waals surface area contributed by atoms with E-state index < -0.39 is 23.9 Å². The maximum atomic E-state index is 12.2. The molecule has 0 aliphatic carbocycles. The number of para-hydroxylation sites is 1. The molecule has 2 atom stereocenters. The smallest absolute Gasteiger partial charge is 0.309 e. The predicted molar refractivity (Wildman–Crippen MR) is 127 cm³/mol. The van der Waals surface area contributed by atoms with E-state index in [9.17, 15) is 24.9 Å². The van der Waals surface area contributed by atoms with Crippen molar-refractivity contribution in [3.05, 3.63) is 88.9 Å². The molecule has 172 valence electrons. The minimum atomic E-state index is -1.11. The Hall–Kier alpha value is -3.35. The van der Waals surface area contributed by atoms with Crippen molar-refractivity contribution in [3.63, 3.8) is 0 Å². The fraction of sp³-hybridized carbons (Fsp3) is 0.231. The number of carboxylic acid groups (broad SMARTS) is 1. The Balaban J connectivity index is 1.51. The first-order valence-corrected chi connectivity index (χ1v) is 11.0. The van der Waals surface area contributed by atoms with Crippen LogP contribution < -0.4 is 5.32 Å². The lowest BCUT2D eigenvalue weighted by Gasteiger charge is -2.19. The summed E-state index contributed by atoms with van der Waals surface area (Å²) < 4.78 is 0. The topological polar surface area (TPSA) is 107 Å². The molecule has 3 aromatic rings. The van der Waals surface area contributed by atoms with E-state index in [4.69, 9.17) is 11.6 Å². The fourth-order valence-electron chi connectivity index (χ4n) is 3.60. The van der Waals surface area contributed by atoms with Gasteiger partial charge in [-0.15, -0.1) is 0 Å². The number of benzene rings is 3. The lowest BCUT2D eigenvalue weighted by Crippen LogP contribution is -2.33. The standard InChI is InChI=1S/C26H26ClNO5/c27-20-12-10-19(11-13-20)18-8-5-17(6-9-18)7-14-24(30)22(26(32)33)15-16-28-25(31)21-3-1-2-4-23(21)29/h1-6,8-13,22,24,29-30H,7,14-16H2,(H,28,31)(H,32,33)/t22-,24-/m1/s1. The molecule has 0 radical (unpaired) electrons. The van der Waals surface area contributed by atoms with Crippen LogP contribution in [0.25, 0.3) is 11.1 Å². The van der Waals surface area contributed by atoms with E-state index in [1.165, 1.54) is 12.1 Å². The molecule has 0 aliphatic rings. The number of aliphatic hydroxyl groups is 1. The Morgan fingerprint density at radius 2 is 1.48 bits per heavy atom. The first-order valence-electron chi connectivity index (χ1n) is 10.7. The summed E-state index contributed by atoms with van der Waals surface area (Å²) in [7, 11) is 0. The lowest BCUT2D eigenvalue weighted by atomic mass is 9.93. The second-order valence-electron chi connectivity index (χ2n) is 7.82. The van der Waals surface area contributed by atoms with Crippen LogP contribution in [0.5, 0.6) is 5.75 Å². The Labute approximate surface area is 197 Å². The number of aliphatic hydroxyl groups excluding tert-OH is 1. The average Bonchev–Trinajstić information content (AvgIpc) is 2.81. The number of phenolic OH excluding ortho intramolecular Hbond substituents is 1. The maximum Gasteiger partial charge on any atom is 0.309 e. The van der Waals surface area contributed by atoms with E-state index in [0.717, 1.165) is 16.7 Å². The van der Waals surface area contributed by atoms with E-state index in [1.807, 2.05) is 48.5 Å². The molecule has 3 rings (SSSR count). The molecular formula is C26H26ClNO5. The van der Waals surface area contributed by atoms with E-state index in [-0.39, 0.29) is 30.7 Å². The lowest BCUT2D eigenvalue weighted by molar-refractivity contribution is -0.146. The predicted octanol–water partition coefficient (Wildman–Crippen LogP) is 4.53. The highest BCUT2D eigenvalue weighted by atomic mass is 35.5. The Morgan fingerprint density at radius 3 is 2.09 bits per heavy atom. The highest BCUT2D eigenvalue weighted by Gasteiger charge is 2.26. The number of nitrogens with one attached hydrogen (secondary N) is 1. The summed E-state index contributed by atoms with van der Waals surface area (Å²) >= 11 is 5.93. The third-order valence-corrected chi connectivity index (χ3v) is 5.78. The second-order valence-corrected chi connectivity index (χ2v) is 8.25. The molecule has 0 bridgehead atoms. The van der Waals surface area contributed by atoms with Gasteiger partial charge in [0, 0.05) is 11.6 Å². The number of halogens is 1. The molecule has 33 heavy (non-hydrogen) atoms. The van der Waals surface area contributed by atoms with Gasteiger partial charge in [-0.25, -0.2) is 0 Å². The third kappa shape index (κ3) is 6.81. The first kappa shape index (κ1) is 24.3. The van der Waals surface area contributed by atoms with Gasteiger partial charge in [-0.3, -0.25) is 9.59 Å². The van der Waals surface area contributed by atoms with Crippen LogP contribution in [-0.2, 0) is 11.2 Å². The zero-order valence-electron chi connectivity index (χ0n) is 17.9. The number of carbonyl (C=O) groups excluding carboxylic acids is 1. The molecule has 0 spiro atoms. The summed E-state index contributed by atoms with van der Waals surface area (Å²) in [5, 5.41) is 33.0. The number of phenols is 1. The minimum absolute atomic E-state index is 0.0665. The molecule has 0 saturated carbocycles. The van der Waals surface area contributed by atoms with Crippen molar-refractivity contribution in [1.29, 1.82) is 0 Å². The molecule has 0 aromatic heterocycles. The highest BCUT2D eigenvalue weighted by molar-refractivity contribution is 6.30. The van der Waals surface area contributed by atoms with Crippen LogP contribution in [0.3, 0.4) is 0 Å². The van der Waals surface area contributed by atoms with Crippen molar-refractivity contribution in [2.24, 2.45) is 5.92 Å². The third-order valence-electron chi connectivity index (χ3n) is 5.53. The quantitative estimate of drug-likeness (QED) is 0.350. The van der Waals surface area contributed by atoms with Crippen LogP contribution in [0.2, 0.25) is 5.02 Å². The summed E-state index contributed by atoms with van der Waals surface area (Å²) in [6, 6.07) is 21.5. The number of aryl methyl sites for hydroxylation is 1. The van der Waals surface area contributed by atoms with Gasteiger partial charge >= 0.3 is 5.97 Å². The van der Waals surface area contributed by atoms with Crippen molar-refractivity contribution >= 4 is 23.5 Å². The van der Waals surface area contributed by atoms with Crippen LogP contribution in [0.15, 0.2) is 72.8 Å². The molecule has 6 nitrogen and oxygen atoms in total. The Kier molecular flexibility index (Phi) is 8.46. The molecule has 1 amide bonds. The number of amides is 1. The fourth-order valence-corrected chi connectivity index (χ4v) is 3.73. The van der Waals surface area contributed by atoms with Crippen molar-refractivity contribution < 1.29 is 24.9 Å². The highest BCUT2D eigenvalue weighted by Crippen LogP contribution is 2.23. The maximum absolute atomic E-state index is 12.2. The van der Waals surface area contributed by atoms with Gasteiger partial charge in [-0.05, 0) is 60.2 Å². The van der Waals surface area contributed by atoms with Gasteiger partial charge in [-0.2, -0.15) is 0 Å². The Bertz CT molecular complexity index is 1080. The summed E-state index contributed by atoms with van der Waals surface area (Å²) in [6.07, 6.45) is -0.174. The van der Waals surface area contributed by atoms with Gasteiger partial charge in [0.05, 0.1) is 17.6 Å². The number of carboxylic acids is 1. The second kappa shape index (κ2) is 11.5. The number of hydrogen-bond donors (Lipinski definition) is 4. The average molecular weight is 468 g/mol. The number of carbonyl (C=O) groups is 2. The van der Waals surface area contributed by atoms with Crippen molar-refractivity contribution in [2.75, 3.05) is 6.54 Å². The monoisotopic (exact) mass is 467 g/mol. The SMILES string of the molecule is O=C(NCC[C@@H](C(=O)O)[C@H](O)CCc1ccc(-c2ccc(Cl)cc2)cc1)c1ccccc1O. The van der Waals surface area contributed by atoms with Gasteiger partial charge in [0.1, 0.15) is 5.75 Å². The minimum Gasteiger partial charge on any atom is -0.507 e. The molecule has 0 aliphatic heterocycles. The molecule has 4 N–H and O–H groups in total. The zero-order chi connectivity index (χ0) is 23.8. The largest absolute Gasteiger partial charge is 0.507 e. The zero-order valence-corrected chi connectivity index (χ0v) is 18.7. The van der Waals surface area contributed by atoms with E-state index in [0.29, 0.717) is 11.4 Å². The Morgan fingerprint density at radius 1 is 0.879 bits per heavy atom. The molecule has 0 heterocycles. The van der Waals surface area contributed by atoms with Crippen LogP contribution in [-0.4, -0.2) is 39.8 Å². The van der Waals surface area contributed by atoms with E-state index in [2.05, 4.69) is 5.32 Å². The van der Waals surface area contributed by atoms with Crippen molar-refractivity contribution in [2.45, 2.75) is 25.4 Å². The summed E-state index contributed by atoms with van der Waals surface area (Å²) in [4.78, 5) is 23.8. The van der Waals surface area contributed by atoms with Gasteiger partial charge in [0.15, 0.2) is 0 Å². The van der Waals surface area contributed by atoms with Gasteiger partial charge in [0.2, 0.25) is 0 Å². The van der Waals surface area contributed by atoms with Gasteiger partial charge in [0.25, 0.3) is 5.91 Å². The van der Waals surface area contributed by atoms with Crippen molar-refractivity contribution in [3.8, 4) is 16.9 Å². The van der Waals surface area contributed by atoms with E-state index in [1.54, 1.807) is 12.1 Å². The van der Waals surface area contributed by atoms with E-state index >= 15 is 0 Å². The van der Waals surface area contributed by atoms with Gasteiger partial charge in [-0.1, -0.05) is 60.1 Å². The molecule has 0 fully saturated rings. The number of rotatable bonds is 10. The molecule has 0 unspecified atom stereocenters. The van der Waals surface area contributed by atoms with Crippen LogP contribution in [0.4, 0.5) is 0 Å². The molecule has 0 saturated heterocycles. The van der Waals surface area contributed by atoms with Crippen LogP contribution in [0.1, 0.15) is 28.8 Å². The summed E-state index contributed by atoms with van der Waals surface area (Å²) in [6.45, 7) is 0.0665. The summed E-state index contributed by atoms with van der Waals surface area (Å²) in [5.74, 6) is -2.76. The van der Waals surface area contributed by atoms with Crippen molar-refractivity contribution in [1.82, 2.24) is 5.32 Å². The first-order chi connectivity index (χ1) is 15.8. The molecular weight excluding hydrogens is 442 g/mol. The number of hydrogen-bond acceptors (Lipinski definition) is 4. The van der Waals surface area contributed by atoms with Crippen LogP contribution in [0, 0.1) is 5.92 Å². The number of aromatic hydroxyl groups is 1. The molecule has 7 heteroatoms. The molecule has 3 aromatic carbocycles. The number of aliphatic carboxylic acids is 1. The summed E-state index contributed by atoms with van der Waals surface area (Å²) in [5.41, 5.74) is 3.19. The normalized spacial score (nSPS) is 12.7. The van der Waals surface area contributed by atoms with Crippen LogP contribution >= 0.6 is 11.6 Å².